The van der Waals surface area contributed by atoms with Crippen molar-refractivity contribution in [2.75, 3.05) is 6.54 Å². The third-order valence-electron chi connectivity index (χ3n) is 4.70. The van der Waals surface area contributed by atoms with Gasteiger partial charge in [0, 0.05) is 30.7 Å². The third kappa shape index (κ3) is 4.84. The van der Waals surface area contributed by atoms with Gasteiger partial charge in [0.2, 0.25) is 11.7 Å². The van der Waals surface area contributed by atoms with Crippen LogP contribution in [0.25, 0.3) is 11.4 Å². The van der Waals surface area contributed by atoms with Gasteiger partial charge in [-0.3, -0.25) is 14.9 Å². The number of halogens is 1. The van der Waals surface area contributed by atoms with Crippen LogP contribution in [-0.2, 0) is 13.0 Å². The van der Waals surface area contributed by atoms with Crippen LogP contribution in [0.3, 0.4) is 0 Å². The molecule has 1 amide bonds. The summed E-state index contributed by atoms with van der Waals surface area (Å²) < 4.78 is 10.7. The molecule has 0 fully saturated rings. The molecule has 4 rings (SSSR count). The van der Waals surface area contributed by atoms with Gasteiger partial charge in [-0.05, 0) is 24.3 Å². The number of non-ortho nitro benzene ring substituents is 1. The summed E-state index contributed by atoms with van der Waals surface area (Å²) in [6, 6.07) is 16.3. The van der Waals surface area contributed by atoms with E-state index in [-0.39, 0.29) is 36.9 Å². The monoisotopic (exact) mass is 452 g/mol. The van der Waals surface area contributed by atoms with Gasteiger partial charge in [-0.15, -0.1) is 0 Å². The lowest BCUT2D eigenvalue weighted by Gasteiger charge is -2.21. The van der Waals surface area contributed by atoms with Crippen molar-refractivity contribution in [1.82, 2.24) is 15.0 Å². The van der Waals surface area contributed by atoms with Crippen LogP contribution in [-0.4, -0.2) is 32.4 Å². The van der Waals surface area contributed by atoms with Crippen molar-refractivity contribution in [3.05, 3.63) is 99.3 Å². The Hall–Kier alpha value is -3.98. The van der Waals surface area contributed by atoms with Crippen molar-refractivity contribution in [3.8, 4) is 11.4 Å². The highest BCUT2D eigenvalue weighted by atomic mass is 35.5. The predicted molar refractivity (Wildman–Crippen MR) is 115 cm³/mol. The molecule has 0 aliphatic rings. The van der Waals surface area contributed by atoms with Gasteiger partial charge in [0.05, 0.1) is 28.3 Å². The zero-order valence-corrected chi connectivity index (χ0v) is 17.4. The van der Waals surface area contributed by atoms with Crippen LogP contribution in [0.15, 0.2) is 75.9 Å². The smallest absolute Gasteiger partial charge is 0.270 e. The SMILES string of the molecule is O=C(c1ccccc1Cl)N(CCc1nc(-c2cccc([N+](=O)[O-])c2)no1)Cc1ccco1. The number of benzene rings is 2. The molecule has 0 bridgehead atoms. The quantitative estimate of drug-likeness (QED) is 0.279. The third-order valence-corrected chi connectivity index (χ3v) is 5.03. The average Bonchev–Trinajstić information content (AvgIpc) is 3.49. The van der Waals surface area contributed by atoms with Gasteiger partial charge in [0.15, 0.2) is 0 Å². The van der Waals surface area contributed by atoms with Crippen molar-refractivity contribution < 1.29 is 18.7 Å². The Morgan fingerprint density at radius 3 is 2.72 bits per heavy atom. The van der Waals surface area contributed by atoms with Gasteiger partial charge in [0.1, 0.15) is 5.76 Å². The molecule has 0 unspecified atom stereocenters. The maximum Gasteiger partial charge on any atom is 0.270 e. The van der Waals surface area contributed by atoms with Crippen LogP contribution in [0.2, 0.25) is 5.02 Å². The number of hydrogen-bond acceptors (Lipinski definition) is 7. The second kappa shape index (κ2) is 9.44. The van der Waals surface area contributed by atoms with E-state index in [2.05, 4.69) is 10.1 Å². The van der Waals surface area contributed by atoms with E-state index in [1.54, 1.807) is 53.4 Å². The largest absolute Gasteiger partial charge is 0.467 e. The van der Waals surface area contributed by atoms with Gasteiger partial charge in [-0.2, -0.15) is 4.98 Å². The Morgan fingerprint density at radius 2 is 1.97 bits per heavy atom. The standard InChI is InChI=1S/C22H17ClN4O5/c23-19-9-2-1-8-18(19)22(28)26(14-17-7-4-12-31-17)11-10-20-24-21(25-32-20)15-5-3-6-16(13-15)27(29)30/h1-9,12-13H,10-11,14H2. The molecular formula is C22H17ClN4O5. The van der Waals surface area contributed by atoms with Crippen LogP contribution in [0.5, 0.6) is 0 Å². The van der Waals surface area contributed by atoms with E-state index in [9.17, 15) is 14.9 Å². The number of nitro benzene ring substituents is 1. The topological polar surface area (TPSA) is 116 Å². The number of nitrogens with zero attached hydrogens (tertiary/aromatic N) is 4. The molecular weight excluding hydrogens is 436 g/mol. The molecule has 0 N–H and O–H groups in total. The molecule has 2 heterocycles. The summed E-state index contributed by atoms with van der Waals surface area (Å²) in [5.41, 5.74) is 0.779. The molecule has 0 radical (unpaired) electrons. The molecule has 0 spiro atoms. The molecule has 9 nitrogen and oxygen atoms in total. The van der Waals surface area contributed by atoms with Crippen molar-refractivity contribution in [1.29, 1.82) is 0 Å². The fourth-order valence-corrected chi connectivity index (χ4v) is 3.33. The van der Waals surface area contributed by atoms with E-state index >= 15 is 0 Å². The molecule has 4 aromatic rings. The minimum Gasteiger partial charge on any atom is -0.467 e. The molecule has 162 valence electrons. The summed E-state index contributed by atoms with van der Waals surface area (Å²) >= 11 is 6.21. The second-order valence-corrected chi connectivity index (χ2v) is 7.26. The van der Waals surface area contributed by atoms with E-state index in [4.69, 9.17) is 20.5 Å². The van der Waals surface area contributed by atoms with Gasteiger partial charge in [0.25, 0.3) is 11.6 Å². The van der Waals surface area contributed by atoms with Gasteiger partial charge in [-0.25, -0.2) is 0 Å². The lowest BCUT2D eigenvalue weighted by Crippen LogP contribution is -2.32. The van der Waals surface area contributed by atoms with E-state index in [0.29, 0.717) is 27.8 Å². The number of carbonyl (C=O) groups is 1. The lowest BCUT2D eigenvalue weighted by atomic mass is 10.2. The molecule has 0 aliphatic carbocycles. The van der Waals surface area contributed by atoms with Crippen molar-refractivity contribution >= 4 is 23.2 Å². The zero-order valence-electron chi connectivity index (χ0n) is 16.7. The molecule has 0 saturated heterocycles. The first kappa shape index (κ1) is 21.3. The summed E-state index contributed by atoms with van der Waals surface area (Å²) in [5, 5.41) is 15.2. The molecule has 10 heteroatoms. The summed E-state index contributed by atoms with van der Waals surface area (Å²) in [5.74, 6) is 0.889. The summed E-state index contributed by atoms with van der Waals surface area (Å²) in [7, 11) is 0. The minimum atomic E-state index is -0.489. The molecule has 0 atom stereocenters. The maximum atomic E-state index is 13.1. The van der Waals surface area contributed by atoms with E-state index in [0.717, 1.165) is 0 Å². The number of carbonyl (C=O) groups excluding carboxylic acids is 1. The molecule has 0 saturated carbocycles. The van der Waals surface area contributed by atoms with Crippen LogP contribution in [0, 0.1) is 10.1 Å². The van der Waals surface area contributed by atoms with Crippen molar-refractivity contribution in [3.63, 3.8) is 0 Å². The number of amides is 1. The number of aromatic nitrogens is 2. The van der Waals surface area contributed by atoms with E-state index in [1.165, 1.54) is 18.4 Å². The van der Waals surface area contributed by atoms with Gasteiger partial charge < -0.3 is 13.8 Å². The second-order valence-electron chi connectivity index (χ2n) is 6.86. The summed E-state index contributed by atoms with van der Waals surface area (Å²) in [6.07, 6.45) is 1.82. The number of furan rings is 1. The van der Waals surface area contributed by atoms with Crippen molar-refractivity contribution in [2.24, 2.45) is 0 Å². The van der Waals surface area contributed by atoms with Crippen molar-refractivity contribution in [2.45, 2.75) is 13.0 Å². The number of hydrogen-bond donors (Lipinski definition) is 0. The first-order chi connectivity index (χ1) is 15.5. The van der Waals surface area contributed by atoms with Crippen LogP contribution < -0.4 is 0 Å². The normalized spacial score (nSPS) is 10.8. The van der Waals surface area contributed by atoms with Crippen LogP contribution in [0.4, 0.5) is 5.69 Å². The fraction of sp³-hybridized carbons (Fsp3) is 0.136. The van der Waals surface area contributed by atoms with Crippen LogP contribution >= 0.6 is 11.6 Å². The van der Waals surface area contributed by atoms with Crippen LogP contribution in [0.1, 0.15) is 22.0 Å². The highest BCUT2D eigenvalue weighted by Gasteiger charge is 2.21. The summed E-state index contributed by atoms with van der Waals surface area (Å²) in [4.78, 5) is 29.5. The first-order valence-electron chi connectivity index (χ1n) is 9.65. The first-order valence-corrected chi connectivity index (χ1v) is 10.0. The Labute approximate surface area is 187 Å². The Kier molecular flexibility index (Phi) is 6.27. The van der Waals surface area contributed by atoms with Gasteiger partial charge >= 0.3 is 0 Å². The number of nitro groups is 1. The molecule has 0 aliphatic heterocycles. The minimum absolute atomic E-state index is 0.0659. The highest BCUT2D eigenvalue weighted by molar-refractivity contribution is 6.33. The number of rotatable bonds is 8. The predicted octanol–water partition coefficient (Wildman–Crippen LogP) is 4.78. The van der Waals surface area contributed by atoms with Gasteiger partial charge in [-0.1, -0.05) is 41.0 Å². The Morgan fingerprint density at radius 1 is 1.12 bits per heavy atom. The average molecular weight is 453 g/mol. The zero-order chi connectivity index (χ0) is 22.5. The fourth-order valence-electron chi connectivity index (χ4n) is 3.11. The molecule has 32 heavy (non-hydrogen) atoms. The van der Waals surface area contributed by atoms with E-state index < -0.39 is 4.92 Å². The maximum absolute atomic E-state index is 13.1. The highest BCUT2D eigenvalue weighted by Crippen LogP contribution is 2.22. The molecule has 2 aromatic heterocycles. The lowest BCUT2D eigenvalue weighted by molar-refractivity contribution is -0.384. The summed E-state index contributed by atoms with van der Waals surface area (Å²) in [6.45, 7) is 0.504. The molecule has 2 aromatic carbocycles. The van der Waals surface area contributed by atoms with E-state index in [1.807, 2.05) is 0 Å². The Balaban J connectivity index is 1.51. The Bertz CT molecular complexity index is 1240.